The van der Waals surface area contributed by atoms with Gasteiger partial charge in [-0.3, -0.25) is 9.59 Å². The van der Waals surface area contributed by atoms with Crippen LogP contribution >= 0.6 is 0 Å². The van der Waals surface area contributed by atoms with E-state index in [1.165, 1.54) is 5.57 Å². The van der Waals surface area contributed by atoms with Crippen molar-refractivity contribution in [2.75, 3.05) is 6.61 Å². The first-order valence-electron chi connectivity index (χ1n) is 8.74. The van der Waals surface area contributed by atoms with Crippen LogP contribution in [0.2, 0.25) is 0 Å². The predicted octanol–water partition coefficient (Wildman–Crippen LogP) is 2.99. The van der Waals surface area contributed by atoms with Gasteiger partial charge in [0, 0.05) is 0 Å². The molecule has 0 aromatic rings. The van der Waals surface area contributed by atoms with Gasteiger partial charge in [-0.15, -0.1) is 0 Å². The molecule has 0 aromatic carbocycles. The van der Waals surface area contributed by atoms with Gasteiger partial charge in [-0.25, -0.2) is 0 Å². The normalized spacial score (nSPS) is 16.4. The van der Waals surface area contributed by atoms with Gasteiger partial charge in [0.25, 0.3) is 0 Å². The van der Waals surface area contributed by atoms with Gasteiger partial charge in [0.2, 0.25) is 0 Å². The number of hydrogen-bond donors (Lipinski definition) is 4. The monoisotopic (exact) mass is 356 g/mol. The van der Waals surface area contributed by atoms with Crippen molar-refractivity contribution in [3.63, 3.8) is 0 Å². The summed E-state index contributed by atoms with van der Waals surface area (Å²) in [7, 11) is 0. The Bertz CT molecular complexity index is 480. The molecule has 0 fully saturated rings. The molecule has 4 N–H and O–H groups in total. The highest BCUT2D eigenvalue weighted by atomic mass is 16.4. The zero-order valence-electron chi connectivity index (χ0n) is 15.4. The molecule has 0 bridgehead atoms. The molecule has 3 atom stereocenters. The number of unbranched alkanes of at least 4 members (excludes halogenated alkanes) is 1. The molecule has 0 aliphatic heterocycles. The van der Waals surface area contributed by atoms with Crippen LogP contribution in [0.25, 0.3) is 0 Å². The lowest BCUT2D eigenvalue weighted by Crippen LogP contribution is -2.31. The van der Waals surface area contributed by atoms with Crippen LogP contribution in [0.5, 0.6) is 0 Å². The van der Waals surface area contributed by atoms with E-state index in [2.05, 4.69) is 6.92 Å². The molecule has 0 radical (unpaired) electrons. The highest BCUT2D eigenvalue weighted by Crippen LogP contribution is 2.20. The summed E-state index contributed by atoms with van der Waals surface area (Å²) in [5.41, 5.74) is 2.14. The summed E-state index contributed by atoms with van der Waals surface area (Å²) in [4.78, 5) is 21.4. The van der Waals surface area contributed by atoms with Crippen LogP contribution in [0.15, 0.2) is 23.3 Å². The van der Waals surface area contributed by atoms with Gasteiger partial charge in [-0.1, -0.05) is 49.5 Å². The third-order valence-corrected chi connectivity index (χ3v) is 4.17. The summed E-state index contributed by atoms with van der Waals surface area (Å²) in [5.74, 6) is -2.67. The van der Waals surface area contributed by atoms with Gasteiger partial charge in [-0.05, 0) is 32.6 Å². The number of carbonyl (C=O) groups is 2. The molecular formula is C19H32O6. The number of carboxylic acids is 2. The number of carboxylic acid groups (broad SMARTS) is 2. The minimum atomic E-state index is -1.17. The number of aliphatic hydroxyl groups excluding tert-OH is 2. The van der Waals surface area contributed by atoms with E-state index in [-0.39, 0.29) is 6.42 Å². The predicted molar refractivity (Wildman–Crippen MR) is 96.2 cm³/mol. The number of aliphatic carboxylic acids is 2. The summed E-state index contributed by atoms with van der Waals surface area (Å²) in [6.07, 6.45) is 6.56. The smallest absolute Gasteiger partial charge is 0.311 e. The van der Waals surface area contributed by atoms with Crippen molar-refractivity contribution >= 4 is 11.9 Å². The van der Waals surface area contributed by atoms with Gasteiger partial charge < -0.3 is 20.4 Å². The average Bonchev–Trinajstić information content (AvgIpc) is 2.49. The molecule has 0 spiro atoms. The van der Waals surface area contributed by atoms with E-state index in [0.29, 0.717) is 12.3 Å². The van der Waals surface area contributed by atoms with E-state index in [0.717, 1.165) is 31.3 Å². The first-order chi connectivity index (χ1) is 11.7. The first-order valence-corrected chi connectivity index (χ1v) is 8.74. The molecule has 0 heterocycles. The number of rotatable bonds is 13. The molecule has 0 aliphatic carbocycles. The lowest BCUT2D eigenvalue weighted by Gasteiger charge is -2.17. The zero-order valence-corrected chi connectivity index (χ0v) is 15.4. The lowest BCUT2D eigenvalue weighted by molar-refractivity contribution is -0.147. The van der Waals surface area contributed by atoms with Gasteiger partial charge in [0.05, 0.1) is 19.1 Å². The van der Waals surface area contributed by atoms with E-state index in [9.17, 15) is 14.7 Å². The maximum absolute atomic E-state index is 10.8. The summed E-state index contributed by atoms with van der Waals surface area (Å²) < 4.78 is 0. The second-order valence-electron chi connectivity index (χ2n) is 6.83. The molecule has 0 saturated heterocycles. The molecule has 0 aliphatic rings. The van der Waals surface area contributed by atoms with Crippen LogP contribution in [0.1, 0.15) is 59.3 Å². The Kier molecular flexibility index (Phi) is 11.8. The highest BCUT2D eigenvalue weighted by molar-refractivity contribution is 5.70. The Balaban J connectivity index is 4.15. The first kappa shape index (κ1) is 23.3. The fourth-order valence-electron chi connectivity index (χ4n) is 2.82. The third kappa shape index (κ3) is 11.5. The van der Waals surface area contributed by atoms with Crippen molar-refractivity contribution in [1.82, 2.24) is 0 Å². The average molecular weight is 356 g/mol. The van der Waals surface area contributed by atoms with Crippen LogP contribution < -0.4 is 0 Å². The quantitative estimate of drug-likeness (QED) is 0.298. The minimum absolute atomic E-state index is 0.0265. The molecule has 144 valence electrons. The van der Waals surface area contributed by atoms with Gasteiger partial charge in [-0.2, -0.15) is 0 Å². The van der Waals surface area contributed by atoms with Crippen LogP contribution in [-0.4, -0.2) is 45.1 Å². The standard InChI is InChI=1S/C19H32O6/c1-13(10-15(3)11-14(2)8-9-18(22)23)6-4-5-7-17(21)16(12-20)19(24)25/h8,11,13,16-17,20-21H,4-7,9-10,12H2,1-3H3,(H,22,23)(H,24,25)/b14-8+,15-11+. The number of aliphatic hydroxyl groups is 2. The Morgan fingerprint density at radius 3 is 2.20 bits per heavy atom. The van der Waals surface area contributed by atoms with Crippen LogP contribution in [-0.2, 0) is 9.59 Å². The highest BCUT2D eigenvalue weighted by Gasteiger charge is 2.25. The minimum Gasteiger partial charge on any atom is -0.481 e. The SMILES string of the molecule is CC(=C\CC(=O)O)/C=C(\C)CC(C)CCCCC(O)C(CO)C(=O)O. The molecule has 3 unspecified atom stereocenters. The van der Waals surface area contributed by atoms with Crippen molar-refractivity contribution in [2.45, 2.75) is 65.4 Å². The van der Waals surface area contributed by atoms with Gasteiger partial charge in [0.15, 0.2) is 0 Å². The summed E-state index contributed by atoms with van der Waals surface area (Å²) >= 11 is 0. The van der Waals surface area contributed by atoms with Crippen molar-refractivity contribution in [3.05, 3.63) is 23.3 Å². The van der Waals surface area contributed by atoms with E-state index in [4.69, 9.17) is 15.3 Å². The Labute approximate surface area is 149 Å². The van der Waals surface area contributed by atoms with Gasteiger partial charge in [0.1, 0.15) is 5.92 Å². The molecule has 0 aromatic heterocycles. The number of hydrogen-bond acceptors (Lipinski definition) is 4. The van der Waals surface area contributed by atoms with Crippen LogP contribution in [0.4, 0.5) is 0 Å². The fourth-order valence-corrected chi connectivity index (χ4v) is 2.82. The van der Waals surface area contributed by atoms with E-state index in [1.54, 1.807) is 6.08 Å². The van der Waals surface area contributed by atoms with Gasteiger partial charge >= 0.3 is 11.9 Å². The van der Waals surface area contributed by atoms with Crippen molar-refractivity contribution in [3.8, 4) is 0 Å². The van der Waals surface area contributed by atoms with E-state index < -0.39 is 30.6 Å². The van der Waals surface area contributed by atoms with Crippen molar-refractivity contribution < 1.29 is 30.0 Å². The van der Waals surface area contributed by atoms with Crippen molar-refractivity contribution in [2.24, 2.45) is 11.8 Å². The summed E-state index contributed by atoms with van der Waals surface area (Å²) in [6, 6.07) is 0. The maximum atomic E-state index is 10.8. The molecule has 0 amide bonds. The molecule has 6 nitrogen and oxygen atoms in total. The summed E-state index contributed by atoms with van der Waals surface area (Å²) in [6.45, 7) is 5.50. The maximum Gasteiger partial charge on any atom is 0.311 e. The second-order valence-corrected chi connectivity index (χ2v) is 6.83. The van der Waals surface area contributed by atoms with Crippen LogP contribution in [0.3, 0.4) is 0 Å². The topological polar surface area (TPSA) is 115 Å². The molecule has 25 heavy (non-hydrogen) atoms. The zero-order chi connectivity index (χ0) is 19.4. The Hall–Kier alpha value is -1.66. The summed E-state index contributed by atoms with van der Waals surface area (Å²) in [5, 5.41) is 36.3. The Morgan fingerprint density at radius 2 is 1.68 bits per heavy atom. The molecular weight excluding hydrogens is 324 g/mol. The molecule has 6 heteroatoms. The van der Waals surface area contributed by atoms with Crippen molar-refractivity contribution in [1.29, 1.82) is 0 Å². The number of allylic oxidation sites excluding steroid dienone is 3. The van der Waals surface area contributed by atoms with Crippen LogP contribution in [0, 0.1) is 11.8 Å². The molecule has 0 rings (SSSR count). The largest absolute Gasteiger partial charge is 0.481 e. The van der Waals surface area contributed by atoms with E-state index in [1.807, 2.05) is 19.9 Å². The Morgan fingerprint density at radius 1 is 1.08 bits per heavy atom. The fraction of sp³-hybridized carbons (Fsp3) is 0.684. The second kappa shape index (κ2) is 12.7. The molecule has 0 saturated carbocycles. The van der Waals surface area contributed by atoms with E-state index >= 15 is 0 Å². The third-order valence-electron chi connectivity index (χ3n) is 4.17. The lowest BCUT2D eigenvalue weighted by atomic mass is 9.93.